The molecule has 24 heavy (non-hydrogen) atoms. The van der Waals surface area contributed by atoms with Crippen molar-refractivity contribution in [3.63, 3.8) is 0 Å². The number of ketones is 1. The number of nitrogens with zero attached hydrogens (tertiary/aromatic N) is 1. The van der Waals surface area contributed by atoms with Crippen LogP contribution >= 0.6 is 23.3 Å². The Balaban J connectivity index is 2.44. The third-order valence-corrected chi connectivity index (χ3v) is 5.58. The highest BCUT2D eigenvalue weighted by molar-refractivity contribution is 7.98. The summed E-state index contributed by atoms with van der Waals surface area (Å²) in [5, 5.41) is 0. The van der Waals surface area contributed by atoms with Crippen molar-refractivity contribution in [1.29, 1.82) is 0 Å². The maximum Gasteiger partial charge on any atom is 0.330 e. The SMILES string of the molecule is COC(=O)C(CCSC)n1sc(C(=O)c2ccccc2)c(C)c1=O. The summed E-state index contributed by atoms with van der Waals surface area (Å²) in [5.41, 5.74) is 0.579. The molecule has 1 unspecified atom stereocenters. The summed E-state index contributed by atoms with van der Waals surface area (Å²) in [6, 6.07) is 8.10. The van der Waals surface area contributed by atoms with Crippen molar-refractivity contribution in [1.82, 2.24) is 3.96 Å². The van der Waals surface area contributed by atoms with E-state index in [0.29, 0.717) is 28.2 Å². The van der Waals surface area contributed by atoms with Gasteiger partial charge in [-0.3, -0.25) is 9.59 Å². The number of carbonyl (C=O) groups excluding carboxylic acids is 2. The van der Waals surface area contributed by atoms with E-state index in [0.717, 1.165) is 11.5 Å². The minimum absolute atomic E-state index is 0.206. The maximum atomic E-state index is 12.6. The molecule has 0 radical (unpaired) electrons. The van der Waals surface area contributed by atoms with E-state index in [1.54, 1.807) is 43.0 Å². The molecule has 0 N–H and O–H groups in total. The molecule has 5 nitrogen and oxygen atoms in total. The third kappa shape index (κ3) is 3.79. The van der Waals surface area contributed by atoms with Crippen LogP contribution in [-0.2, 0) is 9.53 Å². The number of hydrogen-bond donors (Lipinski definition) is 0. The number of aromatic nitrogens is 1. The number of benzene rings is 1. The van der Waals surface area contributed by atoms with Crippen LogP contribution in [0.1, 0.15) is 33.3 Å². The fraction of sp³-hybridized carbons (Fsp3) is 0.353. The molecule has 0 fully saturated rings. The summed E-state index contributed by atoms with van der Waals surface area (Å²) in [4.78, 5) is 37.6. The van der Waals surface area contributed by atoms with Gasteiger partial charge in [0.15, 0.2) is 0 Å². The summed E-state index contributed by atoms with van der Waals surface area (Å²) in [7, 11) is 1.30. The van der Waals surface area contributed by atoms with Crippen LogP contribution in [0.15, 0.2) is 35.1 Å². The van der Waals surface area contributed by atoms with Gasteiger partial charge in [-0.05, 0) is 25.4 Å². The van der Waals surface area contributed by atoms with Gasteiger partial charge in [-0.1, -0.05) is 41.9 Å². The topological polar surface area (TPSA) is 65.4 Å². The van der Waals surface area contributed by atoms with Gasteiger partial charge in [0.2, 0.25) is 5.78 Å². The van der Waals surface area contributed by atoms with E-state index in [9.17, 15) is 14.4 Å². The molecule has 0 bridgehead atoms. The third-order valence-electron chi connectivity index (χ3n) is 3.65. The monoisotopic (exact) mass is 365 g/mol. The number of carbonyl (C=O) groups is 2. The molecule has 7 heteroatoms. The first-order valence-corrected chi connectivity index (χ1v) is 9.57. The first-order valence-electron chi connectivity index (χ1n) is 7.40. The fourth-order valence-electron chi connectivity index (χ4n) is 2.30. The maximum absolute atomic E-state index is 12.6. The predicted octanol–water partition coefficient (Wildman–Crippen LogP) is 2.92. The van der Waals surface area contributed by atoms with Crippen LogP contribution in [0.5, 0.6) is 0 Å². The van der Waals surface area contributed by atoms with Crippen LogP contribution in [-0.4, -0.2) is 34.8 Å². The number of thioether (sulfide) groups is 1. The van der Waals surface area contributed by atoms with E-state index >= 15 is 0 Å². The van der Waals surface area contributed by atoms with Crippen molar-refractivity contribution in [3.8, 4) is 0 Å². The predicted molar refractivity (Wildman–Crippen MR) is 97.2 cm³/mol. The van der Waals surface area contributed by atoms with Crippen LogP contribution in [0.25, 0.3) is 0 Å². The minimum atomic E-state index is -0.698. The summed E-state index contributed by atoms with van der Waals surface area (Å²) < 4.78 is 6.20. The molecular formula is C17H19NO4S2. The summed E-state index contributed by atoms with van der Waals surface area (Å²) in [5.74, 6) is 0.0408. The summed E-state index contributed by atoms with van der Waals surface area (Å²) >= 11 is 2.62. The Bertz CT molecular complexity index is 780. The Labute approximate surface area is 148 Å². The molecule has 1 atom stereocenters. The van der Waals surface area contributed by atoms with Gasteiger partial charge < -0.3 is 4.74 Å². The molecule has 0 saturated heterocycles. The quantitative estimate of drug-likeness (QED) is 0.558. The van der Waals surface area contributed by atoms with Crippen molar-refractivity contribution in [2.75, 3.05) is 19.1 Å². The number of methoxy groups -OCH3 is 1. The van der Waals surface area contributed by atoms with Crippen molar-refractivity contribution >= 4 is 35.0 Å². The number of ether oxygens (including phenoxy) is 1. The van der Waals surface area contributed by atoms with Gasteiger partial charge in [-0.15, -0.1) is 0 Å². The van der Waals surface area contributed by atoms with E-state index in [4.69, 9.17) is 4.74 Å². The lowest BCUT2D eigenvalue weighted by Gasteiger charge is -2.14. The van der Waals surface area contributed by atoms with Crippen LogP contribution in [0, 0.1) is 6.92 Å². The van der Waals surface area contributed by atoms with Crippen molar-refractivity contribution < 1.29 is 14.3 Å². The Morgan fingerprint density at radius 1 is 1.29 bits per heavy atom. The standard InChI is InChI=1S/C17H19NO4S2/c1-11-15(14(19)12-7-5-4-6-8-12)24-18(16(11)20)13(9-10-23-3)17(21)22-2/h4-8,13H,9-10H2,1-3H3. The molecule has 0 spiro atoms. The second kappa shape index (κ2) is 8.30. The zero-order chi connectivity index (χ0) is 17.7. The van der Waals surface area contributed by atoms with Gasteiger partial charge in [-0.25, -0.2) is 8.75 Å². The molecule has 1 heterocycles. The van der Waals surface area contributed by atoms with Gasteiger partial charge in [0.1, 0.15) is 10.9 Å². The van der Waals surface area contributed by atoms with Crippen LogP contribution in [0.4, 0.5) is 0 Å². The molecule has 128 valence electrons. The average molecular weight is 365 g/mol. The lowest BCUT2D eigenvalue weighted by molar-refractivity contribution is -0.144. The molecule has 2 aromatic rings. The van der Waals surface area contributed by atoms with E-state index < -0.39 is 12.0 Å². The van der Waals surface area contributed by atoms with Crippen molar-refractivity contribution in [2.24, 2.45) is 0 Å². The van der Waals surface area contributed by atoms with E-state index in [1.807, 2.05) is 12.3 Å². The largest absolute Gasteiger partial charge is 0.467 e. The van der Waals surface area contributed by atoms with Gasteiger partial charge in [0, 0.05) is 11.1 Å². The number of hydrogen-bond acceptors (Lipinski definition) is 6. The second-order valence-corrected chi connectivity index (χ2v) is 7.16. The lowest BCUT2D eigenvalue weighted by atomic mass is 10.1. The number of rotatable bonds is 7. The van der Waals surface area contributed by atoms with Crippen molar-refractivity contribution in [2.45, 2.75) is 19.4 Å². The molecule has 1 aromatic carbocycles. The van der Waals surface area contributed by atoms with Crippen LogP contribution < -0.4 is 5.56 Å². The van der Waals surface area contributed by atoms with Gasteiger partial charge in [0.05, 0.1) is 7.11 Å². The molecule has 0 saturated carbocycles. The van der Waals surface area contributed by atoms with Crippen LogP contribution in [0.2, 0.25) is 0 Å². The smallest absolute Gasteiger partial charge is 0.330 e. The molecular weight excluding hydrogens is 346 g/mol. The summed E-state index contributed by atoms with van der Waals surface area (Å²) in [6.07, 6.45) is 2.41. The Morgan fingerprint density at radius 2 is 1.96 bits per heavy atom. The fourth-order valence-corrected chi connectivity index (χ4v) is 3.92. The Kier molecular flexibility index (Phi) is 6.39. The lowest BCUT2D eigenvalue weighted by Crippen LogP contribution is -2.28. The Hall–Kier alpha value is -1.86. The first-order chi connectivity index (χ1) is 11.5. The Morgan fingerprint density at radius 3 is 2.54 bits per heavy atom. The van der Waals surface area contributed by atoms with Gasteiger partial charge in [-0.2, -0.15) is 11.8 Å². The van der Waals surface area contributed by atoms with Crippen LogP contribution in [0.3, 0.4) is 0 Å². The normalized spacial score (nSPS) is 12.0. The highest BCUT2D eigenvalue weighted by Gasteiger charge is 2.27. The highest BCUT2D eigenvalue weighted by atomic mass is 32.2. The summed E-state index contributed by atoms with van der Waals surface area (Å²) in [6.45, 7) is 1.62. The second-order valence-electron chi connectivity index (χ2n) is 5.19. The van der Waals surface area contributed by atoms with E-state index in [1.165, 1.54) is 11.1 Å². The van der Waals surface area contributed by atoms with E-state index in [2.05, 4.69) is 0 Å². The van der Waals surface area contributed by atoms with Crippen molar-refractivity contribution in [3.05, 3.63) is 56.7 Å². The molecule has 2 rings (SSSR count). The molecule has 0 aliphatic carbocycles. The molecule has 0 amide bonds. The average Bonchev–Trinajstić information content (AvgIpc) is 2.91. The van der Waals surface area contributed by atoms with Gasteiger partial charge >= 0.3 is 5.97 Å². The molecule has 1 aromatic heterocycles. The highest BCUT2D eigenvalue weighted by Crippen LogP contribution is 2.23. The molecule has 0 aliphatic rings. The zero-order valence-electron chi connectivity index (χ0n) is 13.8. The molecule has 0 aliphatic heterocycles. The first kappa shape index (κ1) is 18.5. The number of esters is 1. The van der Waals surface area contributed by atoms with E-state index in [-0.39, 0.29) is 11.3 Å². The minimum Gasteiger partial charge on any atom is -0.467 e. The van der Waals surface area contributed by atoms with Gasteiger partial charge in [0.25, 0.3) is 5.56 Å². The zero-order valence-corrected chi connectivity index (χ0v) is 15.4.